The molecule has 86 valence electrons. The molecule has 0 saturated heterocycles. The van der Waals surface area contributed by atoms with Gasteiger partial charge in [-0.1, -0.05) is 18.9 Å². The van der Waals surface area contributed by atoms with Gasteiger partial charge in [0.1, 0.15) is 5.69 Å². The Bertz CT molecular complexity index is 421. The lowest BCUT2D eigenvalue weighted by molar-refractivity contribution is -0.0127. The van der Waals surface area contributed by atoms with Gasteiger partial charge in [0.2, 0.25) is 5.56 Å². The molecule has 1 fully saturated rings. The van der Waals surface area contributed by atoms with Crippen molar-refractivity contribution in [3.05, 3.63) is 34.2 Å². The van der Waals surface area contributed by atoms with Gasteiger partial charge in [0.05, 0.1) is 6.10 Å². The van der Waals surface area contributed by atoms with Crippen LogP contribution in [0.15, 0.2) is 23.0 Å². The Morgan fingerprint density at radius 1 is 1.38 bits per heavy atom. The van der Waals surface area contributed by atoms with Crippen molar-refractivity contribution >= 4 is 5.91 Å². The van der Waals surface area contributed by atoms with Gasteiger partial charge in [0.15, 0.2) is 0 Å². The normalized spacial score (nSPS) is 16.2. The van der Waals surface area contributed by atoms with E-state index in [1.54, 1.807) is 0 Å². The Kier molecular flexibility index (Phi) is 3.36. The summed E-state index contributed by atoms with van der Waals surface area (Å²) >= 11 is 0. The summed E-state index contributed by atoms with van der Waals surface area (Å²) in [7, 11) is 0. The predicted molar refractivity (Wildman–Crippen MR) is 57.9 cm³/mol. The summed E-state index contributed by atoms with van der Waals surface area (Å²) in [6.07, 6.45) is 4.35. The van der Waals surface area contributed by atoms with E-state index in [0.717, 1.165) is 25.7 Å². The first-order valence-corrected chi connectivity index (χ1v) is 5.41. The zero-order valence-electron chi connectivity index (χ0n) is 8.86. The SMILES string of the molecule is O=C(NOC1CCCC1)c1cccc(=O)[nH]1. The molecule has 0 aliphatic heterocycles. The number of carbonyl (C=O) groups excluding carboxylic acids is 1. The molecule has 5 heteroatoms. The Morgan fingerprint density at radius 2 is 2.12 bits per heavy atom. The van der Waals surface area contributed by atoms with E-state index in [1.807, 2.05) is 0 Å². The van der Waals surface area contributed by atoms with Crippen molar-refractivity contribution in [1.82, 2.24) is 10.5 Å². The molecule has 1 heterocycles. The van der Waals surface area contributed by atoms with E-state index in [4.69, 9.17) is 4.84 Å². The largest absolute Gasteiger partial charge is 0.318 e. The Labute approximate surface area is 92.8 Å². The number of rotatable bonds is 3. The van der Waals surface area contributed by atoms with Crippen LogP contribution in [0.4, 0.5) is 0 Å². The van der Waals surface area contributed by atoms with Crippen LogP contribution in [0.5, 0.6) is 0 Å². The third-order valence-electron chi connectivity index (χ3n) is 2.63. The molecular formula is C11H14N2O3. The summed E-state index contributed by atoms with van der Waals surface area (Å²) in [4.78, 5) is 30.2. The number of hydroxylamine groups is 1. The molecule has 0 unspecified atom stereocenters. The molecule has 0 bridgehead atoms. The molecular weight excluding hydrogens is 208 g/mol. The molecule has 1 saturated carbocycles. The fraction of sp³-hybridized carbons (Fsp3) is 0.455. The summed E-state index contributed by atoms with van der Waals surface area (Å²) in [5, 5.41) is 0. The second-order valence-electron chi connectivity index (χ2n) is 3.88. The van der Waals surface area contributed by atoms with Gasteiger partial charge in [-0.2, -0.15) is 0 Å². The maximum atomic E-state index is 11.5. The van der Waals surface area contributed by atoms with E-state index in [-0.39, 0.29) is 17.4 Å². The third-order valence-corrected chi connectivity index (χ3v) is 2.63. The van der Waals surface area contributed by atoms with Crippen LogP contribution in [0.2, 0.25) is 0 Å². The number of pyridine rings is 1. The van der Waals surface area contributed by atoms with Gasteiger partial charge < -0.3 is 4.98 Å². The summed E-state index contributed by atoms with van der Waals surface area (Å²) < 4.78 is 0. The highest BCUT2D eigenvalue weighted by Crippen LogP contribution is 2.19. The highest BCUT2D eigenvalue weighted by atomic mass is 16.7. The van der Waals surface area contributed by atoms with Gasteiger partial charge >= 0.3 is 0 Å². The van der Waals surface area contributed by atoms with E-state index >= 15 is 0 Å². The molecule has 1 aliphatic rings. The van der Waals surface area contributed by atoms with Crippen LogP contribution in [0.3, 0.4) is 0 Å². The average molecular weight is 222 g/mol. The number of hydrogen-bond donors (Lipinski definition) is 2. The van der Waals surface area contributed by atoms with Gasteiger partial charge in [-0.05, 0) is 18.9 Å². The Balaban J connectivity index is 1.90. The van der Waals surface area contributed by atoms with Crippen LogP contribution in [0.25, 0.3) is 0 Å². The number of aromatic nitrogens is 1. The highest BCUT2D eigenvalue weighted by molar-refractivity contribution is 5.91. The number of H-pyrrole nitrogens is 1. The van der Waals surface area contributed by atoms with Crippen molar-refractivity contribution in [3.8, 4) is 0 Å². The standard InChI is InChI=1S/C11H14N2O3/c14-10-7-3-6-9(12-10)11(15)13-16-8-4-1-2-5-8/h3,6-8H,1-2,4-5H2,(H,12,14)(H,13,15). The quantitative estimate of drug-likeness (QED) is 0.749. The molecule has 0 aromatic carbocycles. The molecule has 2 N–H and O–H groups in total. The topological polar surface area (TPSA) is 71.2 Å². The molecule has 1 aromatic rings. The molecule has 0 radical (unpaired) electrons. The maximum Gasteiger partial charge on any atom is 0.291 e. The van der Waals surface area contributed by atoms with Crippen LogP contribution >= 0.6 is 0 Å². The van der Waals surface area contributed by atoms with Crippen molar-refractivity contribution < 1.29 is 9.63 Å². The highest BCUT2D eigenvalue weighted by Gasteiger charge is 2.17. The van der Waals surface area contributed by atoms with Crippen LogP contribution in [0.1, 0.15) is 36.2 Å². The average Bonchev–Trinajstić information content (AvgIpc) is 2.78. The van der Waals surface area contributed by atoms with E-state index in [9.17, 15) is 9.59 Å². The number of carbonyl (C=O) groups is 1. The van der Waals surface area contributed by atoms with Crippen LogP contribution < -0.4 is 11.0 Å². The number of aromatic amines is 1. The minimum atomic E-state index is -0.412. The van der Waals surface area contributed by atoms with Gasteiger partial charge in [-0.15, -0.1) is 0 Å². The second-order valence-corrected chi connectivity index (χ2v) is 3.88. The van der Waals surface area contributed by atoms with E-state index in [2.05, 4.69) is 10.5 Å². The molecule has 1 aliphatic carbocycles. The zero-order valence-corrected chi connectivity index (χ0v) is 8.86. The van der Waals surface area contributed by atoms with E-state index < -0.39 is 5.91 Å². The van der Waals surface area contributed by atoms with Crippen molar-refractivity contribution in [1.29, 1.82) is 0 Å². The Morgan fingerprint density at radius 3 is 2.81 bits per heavy atom. The van der Waals surface area contributed by atoms with Gasteiger partial charge in [0.25, 0.3) is 5.91 Å². The third kappa shape index (κ3) is 2.70. The van der Waals surface area contributed by atoms with Crippen molar-refractivity contribution in [2.45, 2.75) is 31.8 Å². The minimum Gasteiger partial charge on any atom is -0.318 e. The fourth-order valence-electron chi connectivity index (χ4n) is 1.78. The van der Waals surface area contributed by atoms with Crippen LogP contribution in [0, 0.1) is 0 Å². The van der Waals surface area contributed by atoms with E-state index in [0.29, 0.717) is 0 Å². The molecule has 16 heavy (non-hydrogen) atoms. The lowest BCUT2D eigenvalue weighted by atomic mass is 10.3. The lowest BCUT2D eigenvalue weighted by Crippen LogP contribution is -2.30. The molecule has 0 spiro atoms. The van der Waals surface area contributed by atoms with Crippen molar-refractivity contribution in [3.63, 3.8) is 0 Å². The summed E-state index contributed by atoms with van der Waals surface area (Å²) in [6, 6.07) is 4.42. The zero-order chi connectivity index (χ0) is 11.4. The molecule has 1 amide bonds. The number of hydrogen-bond acceptors (Lipinski definition) is 3. The molecule has 0 atom stereocenters. The van der Waals surface area contributed by atoms with E-state index in [1.165, 1.54) is 18.2 Å². The van der Waals surface area contributed by atoms with Crippen molar-refractivity contribution in [2.24, 2.45) is 0 Å². The smallest absolute Gasteiger partial charge is 0.291 e. The predicted octanol–water partition coefficient (Wildman–Crippen LogP) is 0.979. The summed E-state index contributed by atoms with van der Waals surface area (Å²) in [5.41, 5.74) is 2.27. The summed E-state index contributed by atoms with van der Waals surface area (Å²) in [5.74, 6) is -0.412. The molecule has 2 rings (SSSR count). The molecule has 1 aromatic heterocycles. The first-order valence-electron chi connectivity index (χ1n) is 5.41. The van der Waals surface area contributed by atoms with Gasteiger partial charge in [-0.25, -0.2) is 5.48 Å². The number of nitrogens with one attached hydrogen (secondary N) is 2. The van der Waals surface area contributed by atoms with Gasteiger partial charge in [0, 0.05) is 6.07 Å². The second kappa shape index (κ2) is 4.94. The fourth-order valence-corrected chi connectivity index (χ4v) is 1.78. The lowest BCUT2D eigenvalue weighted by Gasteiger charge is -2.10. The number of amides is 1. The van der Waals surface area contributed by atoms with Crippen molar-refractivity contribution in [2.75, 3.05) is 0 Å². The van der Waals surface area contributed by atoms with Crippen LogP contribution in [-0.2, 0) is 4.84 Å². The maximum absolute atomic E-state index is 11.5. The summed E-state index contributed by atoms with van der Waals surface area (Å²) in [6.45, 7) is 0. The van der Waals surface area contributed by atoms with Gasteiger partial charge in [-0.3, -0.25) is 14.4 Å². The monoisotopic (exact) mass is 222 g/mol. The Hall–Kier alpha value is -1.62. The van der Waals surface area contributed by atoms with Crippen LogP contribution in [-0.4, -0.2) is 17.0 Å². The molecule has 5 nitrogen and oxygen atoms in total. The minimum absolute atomic E-state index is 0.111. The first-order chi connectivity index (χ1) is 7.75. The first kappa shape index (κ1) is 10.9.